The second kappa shape index (κ2) is 7.01. The van der Waals surface area contributed by atoms with Gasteiger partial charge >= 0.3 is 8.56 Å². The number of aliphatic imine (C=N–C) groups is 1. The number of rotatable bonds is 6. The summed E-state index contributed by atoms with van der Waals surface area (Å²) in [6.45, 7) is 22.5. The molecule has 0 N–H and O–H groups in total. The third-order valence-corrected chi connectivity index (χ3v) is 13.3. The molecule has 0 atom stereocenters. The van der Waals surface area contributed by atoms with E-state index in [4.69, 9.17) is 18.0 Å². The van der Waals surface area contributed by atoms with Gasteiger partial charge in [0, 0.05) is 10.8 Å². The summed E-state index contributed by atoms with van der Waals surface area (Å²) in [6, 6.07) is 6.46. The highest BCUT2D eigenvalue weighted by Crippen LogP contribution is 2.25. The molecule has 0 aliphatic carbocycles. The standard InChI is InChI=1S/C19H35NO3Si3/c1-15-11-12-16(18-20-19(2,3)14-21-18)17(13-15)26(10,22-24(4,5)6)23-25(7,8)9/h11-13H,14H2,1-10H3. The fourth-order valence-corrected chi connectivity index (χ4v) is 15.2. The van der Waals surface area contributed by atoms with Gasteiger partial charge in [0.05, 0.1) is 5.54 Å². The maximum atomic E-state index is 6.77. The molecule has 0 aromatic heterocycles. The molecular weight excluding hydrogens is 374 g/mol. The van der Waals surface area contributed by atoms with Gasteiger partial charge in [-0.25, -0.2) is 4.99 Å². The molecule has 1 aromatic rings. The molecular formula is C19H35NO3Si3. The maximum absolute atomic E-state index is 6.77. The van der Waals surface area contributed by atoms with Gasteiger partial charge in [0.25, 0.3) is 0 Å². The highest BCUT2D eigenvalue weighted by atomic mass is 28.5. The lowest BCUT2D eigenvalue weighted by atomic mass is 10.1. The summed E-state index contributed by atoms with van der Waals surface area (Å²) in [5.41, 5.74) is 2.06. The van der Waals surface area contributed by atoms with Gasteiger partial charge in [-0.3, -0.25) is 0 Å². The third-order valence-electron chi connectivity index (χ3n) is 3.86. The van der Waals surface area contributed by atoms with Crippen molar-refractivity contribution in [3.05, 3.63) is 29.3 Å². The largest absolute Gasteiger partial charge is 0.475 e. The van der Waals surface area contributed by atoms with Crippen molar-refractivity contribution < 1.29 is 13.0 Å². The molecule has 0 amide bonds. The average molecular weight is 410 g/mol. The normalized spacial score (nSPS) is 17.8. The second-order valence-electron chi connectivity index (χ2n) is 9.94. The number of ether oxygens (including phenoxy) is 1. The van der Waals surface area contributed by atoms with Crippen LogP contribution in [0, 0.1) is 6.92 Å². The molecule has 0 radical (unpaired) electrons. The van der Waals surface area contributed by atoms with Crippen molar-refractivity contribution in [2.24, 2.45) is 4.99 Å². The number of nitrogens with zero attached hydrogens (tertiary/aromatic N) is 1. The monoisotopic (exact) mass is 409 g/mol. The minimum atomic E-state index is -2.62. The topological polar surface area (TPSA) is 40.0 Å². The van der Waals surface area contributed by atoms with Crippen LogP contribution in [0.1, 0.15) is 25.0 Å². The van der Waals surface area contributed by atoms with Gasteiger partial charge in [-0.1, -0.05) is 17.7 Å². The number of aryl methyl sites for hydroxylation is 1. The molecule has 0 saturated heterocycles. The van der Waals surface area contributed by atoms with Crippen LogP contribution in [0.5, 0.6) is 0 Å². The van der Waals surface area contributed by atoms with Crippen molar-refractivity contribution in [3.63, 3.8) is 0 Å². The van der Waals surface area contributed by atoms with Crippen LogP contribution in [0.2, 0.25) is 45.8 Å². The summed E-state index contributed by atoms with van der Waals surface area (Å²) in [4.78, 5) is 4.82. The quantitative estimate of drug-likeness (QED) is 0.648. The molecule has 0 fully saturated rings. The summed E-state index contributed by atoms with van der Waals surface area (Å²) in [6.07, 6.45) is 0. The van der Waals surface area contributed by atoms with Crippen LogP contribution in [0.4, 0.5) is 0 Å². The van der Waals surface area contributed by atoms with E-state index in [0.29, 0.717) is 6.61 Å². The number of hydrogen-bond donors (Lipinski definition) is 0. The van der Waals surface area contributed by atoms with Crippen LogP contribution in [0.15, 0.2) is 23.2 Å². The van der Waals surface area contributed by atoms with Crippen molar-refractivity contribution in [3.8, 4) is 0 Å². The number of hydrogen-bond acceptors (Lipinski definition) is 4. The van der Waals surface area contributed by atoms with E-state index in [1.165, 1.54) is 5.56 Å². The molecule has 0 unspecified atom stereocenters. The van der Waals surface area contributed by atoms with E-state index in [2.05, 4.69) is 84.8 Å². The van der Waals surface area contributed by atoms with Gasteiger partial charge < -0.3 is 13.0 Å². The molecule has 1 aromatic carbocycles. The van der Waals surface area contributed by atoms with Crippen LogP contribution in [0.3, 0.4) is 0 Å². The second-order valence-corrected chi connectivity index (χ2v) is 22.5. The first-order valence-electron chi connectivity index (χ1n) is 9.35. The first-order chi connectivity index (χ1) is 11.6. The first-order valence-corrected chi connectivity index (χ1v) is 18.5. The van der Waals surface area contributed by atoms with Gasteiger partial charge in [0.1, 0.15) is 6.61 Å². The van der Waals surface area contributed by atoms with Gasteiger partial charge in [-0.05, 0) is 72.7 Å². The Hall–Kier alpha value is -0.739. The van der Waals surface area contributed by atoms with Crippen molar-refractivity contribution in [2.75, 3.05) is 6.61 Å². The molecule has 4 nitrogen and oxygen atoms in total. The van der Waals surface area contributed by atoms with Crippen LogP contribution in [-0.4, -0.2) is 43.2 Å². The minimum absolute atomic E-state index is 0.186. The Balaban J connectivity index is 2.62. The molecule has 0 bridgehead atoms. The Morgan fingerprint density at radius 3 is 1.92 bits per heavy atom. The molecule has 26 heavy (non-hydrogen) atoms. The Morgan fingerprint density at radius 1 is 0.962 bits per heavy atom. The Kier molecular flexibility index (Phi) is 5.82. The van der Waals surface area contributed by atoms with Crippen molar-refractivity contribution in [1.82, 2.24) is 0 Å². The van der Waals surface area contributed by atoms with Crippen molar-refractivity contribution in [1.29, 1.82) is 0 Å². The summed E-state index contributed by atoms with van der Waals surface area (Å²) >= 11 is 0. The van der Waals surface area contributed by atoms with Gasteiger partial charge in [0.15, 0.2) is 16.6 Å². The SMILES string of the molecule is Cc1ccc(C2=NC(C)(C)CO2)c([Si](C)(O[Si](C)(C)C)O[Si](C)(C)C)c1. The van der Waals surface area contributed by atoms with Crippen LogP contribution < -0.4 is 5.19 Å². The van der Waals surface area contributed by atoms with Gasteiger partial charge in [0.2, 0.25) is 5.90 Å². The summed E-state index contributed by atoms with van der Waals surface area (Å²) in [7, 11) is -6.23. The van der Waals surface area contributed by atoms with Crippen molar-refractivity contribution in [2.45, 2.75) is 72.1 Å². The minimum Gasteiger partial charge on any atom is -0.475 e. The highest BCUT2D eigenvalue weighted by Gasteiger charge is 2.45. The van der Waals surface area contributed by atoms with Gasteiger partial charge in [-0.2, -0.15) is 0 Å². The maximum Gasteiger partial charge on any atom is 0.349 e. The first kappa shape index (κ1) is 21.6. The lowest BCUT2D eigenvalue weighted by Crippen LogP contribution is -2.61. The van der Waals surface area contributed by atoms with E-state index in [1.54, 1.807) is 0 Å². The summed E-state index contributed by atoms with van der Waals surface area (Å²) in [5.74, 6) is 0.724. The van der Waals surface area contributed by atoms with E-state index in [-0.39, 0.29) is 5.54 Å². The predicted octanol–water partition coefficient (Wildman–Crippen LogP) is 4.53. The molecule has 146 valence electrons. The highest BCUT2D eigenvalue weighted by molar-refractivity contribution is 6.94. The Morgan fingerprint density at radius 2 is 1.50 bits per heavy atom. The van der Waals surface area contributed by atoms with Crippen LogP contribution in [-0.2, 0) is 13.0 Å². The Bertz CT molecular complexity index is 687. The zero-order valence-corrected chi connectivity index (χ0v) is 21.1. The third kappa shape index (κ3) is 5.63. The van der Waals surface area contributed by atoms with Gasteiger partial charge in [-0.15, -0.1) is 0 Å². The molecule has 0 spiro atoms. The summed E-state index contributed by atoms with van der Waals surface area (Å²) < 4.78 is 19.5. The molecule has 2 rings (SSSR count). The fourth-order valence-electron chi connectivity index (χ4n) is 3.24. The van der Waals surface area contributed by atoms with E-state index in [9.17, 15) is 0 Å². The van der Waals surface area contributed by atoms with Crippen LogP contribution in [0.25, 0.3) is 0 Å². The molecule has 1 heterocycles. The van der Waals surface area contributed by atoms with E-state index in [1.807, 2.05) is 0 Å². The smallest absolute Gasteiger partial charge is 0.349 e. The van der Waals surface area contributed by atoms with E-state index >= 15 is 0 Å². The average Bonchev–Trinajstić information content (AvgIpc) is 2.74. The summed E-state index contributed by atoms with van der Waals surface area (Å²) in [5, 5.41) is 1.15. The van der Waals surface area contributed by atoms with E-state index < -0.39 is 25.2 Å². The number of benzene rings is 1. The van der Waals surface area contributed by atoms with E-state index in [0.717, 1.165) is 16.6 Å². The lowest BCUT2D eigenvalue weighted by molar-refractivity contribution is 0.279. The lowest BCUT2D eigenvalue weighted by Gasteiger charge is -2.39. The Labute approximate surface area is 162 Å². The zero-order chi connectivity index (χ0) is 20.0. The zero-order valence-electron chi connectivity index (χ0n) is 18.1. The molecule has 1 aliphatic rings. The fraction of sp³-hybridized carbons (Fsp3) is 0.632. The molecule has 1 aliphatic heterocycles. The van der Waals surface area contributed by atoms with Crippen LogP contribution >= 0.6 is 0 Å². The molecule has 0 saturated carbocycles. The predicted molar refractivity (Wildman–Crippen MR) is 118 cm³/mol. The van der Waals surface area contributed by atoms with Crippen molar-refractivity contribution >= 4 is 36.3 Å². The molecule has 7 heteroatoms.